The first-order chi connectivity index (χ1) is 13.1. The fourth-order valence-corrected chi connectivity index (χ4v) is 3.18. The molecular weight excluding hydrogens is 352 g/mol. The molecule has 4 nitrogen and oxygen atoms in total. The van der Waals surface area contributed by atoms with Gasteiger partial charge in [0.2, 0.25) is 0 Å². The van der Waals surface area contributed by atoms with Crippen molar-refractivity contribution in [1.29, 1.82) is 0 Å². The predicted molar refractivity (Wildman–Crippen MR) is 114 cm³/mol. The third-order valence-corrected chi connectivity index (χ3v) is 4.90. The number of carbonyl (C=O) groups excluding carboxylic acids is 2. The molecule has 0 bridgehead atoms. The highest BCUT2D eigenvalue weighted by Crippen LogP contribution is 2.34. The van der Waals surface area contributed by atoms with Crippen LogP contribution in [0.25, 0.3) is 0 Å². The largest absolute Gasteiger partial charge is 0.507 e. The van der Waals surface area contributed by atoms with Crippen molar-refractivity contribution in [3.05, 3.63) is 48.1 Å². The fourth-order valence-electron chi connectivity index (χ4n) is 3.18. The maximum atomic E-state index is 12.7. The lowest BCUT2D eigenvalue weighted by atomic mass is 9.79. The Balaban J connectivity index is 2.67. The Kier molecular flexibility index (Phi) is 9.17. The van der Waals surface area contributed by atoms with E-state index in [4.69, 9.17) is 4.74 Å². The number of hydrogen-bond donors (Lipinski definition) is 1. The van der Waals surface area contributed by atoms with Gasteiger partial charge in [0.05, 0.1) is 12.7 Å². The van der Waals surface area contributed by atoms with Gasteiger partial charge in [-0.25, -0.2) is 0 Å². The molecule has 0 spiro atoms. The van der Waals surface area contributed by atoms with E-state index >= 15 is 0 Å². The van der Waals surface area contributed by atoms with Crippen LogP contribution in [0.2, 0.25) is 0 Å². The molecule has 0 saturated carbocycles. The molecule has 0 aliphatic rings. The van der Waals surface area contributed by atoms with Crippen molar-refractivity contribution in [2.45, 2.75) is 59.8 Å². The van der Waals surface area contributed by atoms with Gasteiger partial charge in [0, 0.05) is 18.9 Å². The number of ketones is 2. The zero-order valence-corrected chi connectivity index (χ0v) is 17.9. The first kappa shape index (κ1) is 23.7. The molecule has 1 atom stereocenters. The monoisotopic (exact) mass is 386 g/mol. The molecule has 1 aromatic carbocycles. The Morgan fingerprint density at radius 2 is 2.00 bits per heavy atom. The molecule has 1 N–H and O–H groups in total. The summed E-state index contributed by atoms with van der Waals surface area (Å²) >= 11 is 0. The summed E-state index contributed by atoms with van der Waals surface area (Å²) in [6.07, 6.45) is 6.85. The topological polar surface area (TPSA) is 63.6 Å². The number of ether oxygens (including phenoxy) is 1. The van der Waals surface area contributed by atoms with Crippen molar-refractivity contribution in [2.75, 3.05) is 7.11 Å². The van der Waals surface area contributed by atoms with Gasteiger partial charge in [0.15, 0.2) is 11.6 Å². The number of methoxy groups -OCH3 is 1. The number of Topliss-reactive ketones (excluding diaryl/α,β-unsaturated/α-hetero) is 1. The second-order valence-electron chi connectivity index (χ2n) is 8.25. The van der Waals surface area contributed by atoms with Crippen molar-refractivity contribution in [3.8, 4) is 11.5 Å². The third kappa shape index (κ3) is 7.71. The van der Waals surface area contributed by atoms with Crippen LogP contribution in [-0.4, -0.2) is 23.8 Å². The lowest BCUT2D eigenvalue weighted by molar-refractivity contribution is -0.115. The Morgan fingerprint density at radius 1 is 1.32 bits per heavy atom. The molecule has 0 saturated heterocycles. The molecule has 28 heavy (non-hydrogen) atoms. The number of benzene rings is 1. The van der Waals surface area contributed by atoms with Gasteiger partial charge in [-0.05, 0) is 55.7 Å². The van der Waals surface area contributed by atoms with Crippen LogP contribution in [0.3, 0.4) is 0 Å². The van der Waals surface area contributed by atoms with E-state index in [1.807, 2.05) is 33.8 Å². The Morgan fingerprint density at radius 3 is 2.54 bits per heavy atom. The molecule has 1 unspecified atom stereocenters. The van der Waals surface area contributed by atoms with Crippen LogP contribution in [0.15, 0.2) is 42.5 Å². The molecule has 0 radical (unpaired) electrons. The van der Waals surface area contributed by atoms with E-state index in [-0.39, 0.29) is 29.2 Å². The fraction of sp³-hybridized carbons (Fsp3) is 0.500. The van der Waals surface area contributed by atoms with Gasteiger partial charge in [0.1, 0.15) is 11.5 Å². The first-order valence-corrected chi connectivity index (χ1v) is 9.84. The van der Waals surface area contributed by atoms with Crippen molar-refractivity contribution in [2.24, 2.45) is 11.3 Å². The molecule has 0 amide bonds. The summed E-state index contributed by atoms with van der Waals surface area (Å²) in [6.45, 7) is 12.0. The van der Waals surface area contributed by atoms with Crippen LogP contribution < -0.4 is 4.74 Å². The molecule has 4 heteroatoms. The molecule has 0 heterocycles. The molecule has 0 fully saturated rings. The van der Waals surface area contributed by atoms with Gasteiger partial charge < -0.3 is 9.84 Å². The molecule has 0 aliphatic carbocycles. The second-order valence-corrected chi connectivity index (χ2v) is 8.25. The van der Waals surface area contributed by atoms with Crippen molar-refractivity contribution < 1.29 is 19.4 Å². The highest BCUT2D eigenvalue weighted by molar-refractivity contribution is 5.99. The summed E-state index contributed by atoms with van der Waals surface area (Å²) in [5.74, 6) is 0.847. The Labute approximate surface area is 169 Å². The number of allylic oxidation sites excluding steroid dienone is 3. The standard InChI is InChI=1S/C24H34O4/c1-7-24(5,12-8-9-18(4)14-19(25)13-17(2)3)16-23(27)21-11-10-20(28-6)15-22(21)26/h7,10-11,14-15,17,26H,1,8-9,12-13,16H2,2-6H3/b18-14-. The molecular formula is C24H34O4. The number of hydrogen-bond acceptors (Lipinski definition) is 4. The number of phenols is 1. The van der Waals surface area contributed by atoms with Crippen LogP contribution >= 0.6 is 0 Å². The van der Waals surface area contributed by atoms with Gasteiger partial charge in [-0.15, -0.1) is 6.58 Å². The summed E-state index contributed by atoms with van der Waals surface area (Å²) in [6, 6.07) is 4.70. The highest BCUT2D eigenvalue weighted by Gasteiger charge is 2.26. The SMILES string of the molecule is C=CC(C)(CCC/C(C)=C\C(=O)CC(C)C)CC(=O)c1ccc(OC)cc1O. The zero-order valence-electron chi connectivity index (χ0n) is 17.9. The average molecular weight is 387 g/mol. The average Bonchev–Trinajstić information content (AvgIpc) is 2.60. The van der Waals surface area contributed by atoms with E-state index in [0.29, 0.717) is 23.7 Å². The third-order valence-electron chi connectivity index (χ3n) is 4.90. The normalized spacial score (nSPS) is 13.9. The van der Waals surface area contributed by atoms with E-state index < -0.39 is 0 Å². The maximum Gasteiger partial charge on any atom is 0.167 e. The van der Waals surface area contributed by atoms with Crippen molar-refractivity contribution in [1.82, 2.24) is 0 Å². The van der Waals surface area contributed by atoms with E-state index in [1.54, 1.807) is 18.2 Å². The van der Waals surface area contributed by atoms with E-state index in [0.717, 1.165) is 24.8 Å². The van der Waals surface area contributed by atoms with Crippen LogP contribution in [0.1, 0.15) is 70.2 Å². The quantitative estimate of drug-likeness (QED) is 0.276. The minimum absolute atomic E-state index is 0.0711. The number of rotatable bonds is 12. The van der Waals surface area contributed by atoms with Gasteiger partial charge in [-0.3, -0.25) is 9.59 Å². The van der Waals surface area contributed by atoms with Gasteiger partial charge >= 0.3 is 0 Å². The number of phenolic OH excluding ortho intramolecular Hbond substituents is 1. The number of carbonyl (C=O) groups is 2. The summed E-state index contributed by atoms with van der Waals surface area (Å²) in [4.78, 5) is 24.6. The van der Waals surface area contributed by atoms with E-state index in [9.17, 15) is 14.7 Å². The molecule has 0 aliphatic heterocycles. The minimum atomic E-state index is -0.369. The lowest BCUT2D eigenvalue weighted by Crippen LogP contribution is -2.18. The van der Waals surface area contributed by atoms with Crippen LogP contribution in [0, 0.1) is 11.3 Å². The molecule has 1 aromatic rings. The zero-order chi connectivity index (χ0) is 21.3. The summed E-state index contributed by atoms with van der Waals surface area (Å²) in [7, 11) is 1.51. The second kappa shape index (κ2) is 10.8. The Hall–Kier alpha value is -2.36. The smallest absolute Gasteiger partial charge is 0.167 e. The van der Waals surface area contributed by atoms with Crippen LogP contribution in [-0.2, 0) is 4.79 Å². The summed E-state index contributed by atoms with van der Waals surface area (Å²) in [5.41, 5.74) is 0.992. The molecule has 0 aromatic heterocycles. The molecule has 154 valence electrons. The summed E-state index contributed by atoms with van der Waals surface area (Å²) in [5, 5.41) is 10.1. The Bertz CT molecular complexity index is 730. The van der Waals surface area contributed by atoms with Crippen LogP contribution in [0.4, 0.5) is 0 Å². The lowest BCUT2D eigenvalue weighted by Gasteiger charge is -2.25. The summed E-state index contributed by atoms with van der Waals surface area (Å²) < 4.78 is 5.06. The first-order valence-electron chi connectivity index (χ1n) is 9.84. The van der Waals surface area contributed by atoms with Gasteiger partial charge in [-0.2, -0.15) is 0 Å². The van der Waals surface area contributed by atoms with Gasteiger partial charge in [-0.1, -0.05) is 32.4 Å². The molecule has 1 rings (SSSR count). The van der Waals surface area contributed by atoms with Crippen molar-refractivity contribution in [3.63, 3.8) is 0 Å². The predicted octanol–water partition coefficient (Wildman–Crippen LogP) is 5.90. The van der Waals surface area contributed by atoms with E-state index in [1.165, 1.54) is 13.2 Å². The van der Waals surface area contributed by atoms with Crippen molar-refractivity contribution >= 4 is 11.6 Å². The number of aromatic hydroxyl groups is 1. The maximum absolute atomic E-state index is 12.7. The minimum Gasteiger partial charge on any atom is -0.507 e. The van der Waals surface area contributed by atoms with E-state index in [2.05, 4.69) is 6.58 Å². The van der Waals surface area contributed by atoms with Crippen LogP contribution in [0.5, 0.6) is 11.5 Å². The van der Waals surface area contributed by atoms with Gasteiger partial charge in [0.25, 0.3) is 0 Å². The highest BCUT2D eigenvalue weighted by atomic mass is 16.5.